The van der Waals surface area contributed by atoms with E-state index in [4.69, 9.17) is 21.1 Å². The summed E-state index contributed by atoms with van der Waals surface area (Å²) in [5, 5.41) is 0. The Morgan fingerprint density at radius 1 is 1.06 bits per heavy atom. The van der Waals surface area contributed by atoms with Gasteiger partial charge in [0.25, 0.3) is 0 Å². The van der Waals surface area contributed by atoms with Gasteiger partial charge in [-0.2, -0.15) is 0 Å². The van der Waals surface area contributed by atoms with Crippen LogP contribution < -0.4 is 0 Å². The lowest BCUT2D eigenvalue weighted by Gasteiger charge is -2.28. The van der Waals surface area contributed by atoms with Crippen molar-refractivity contribution in [1.29, 1.82) is 0 Å². The van der Waals surface area contributed by atoms with Crippen molar-refractivity contribution in [2.24, 2.45) is 11.8 Å². The molecular formula is C13H21ClO4. The normalized spacial score (nSPS) is 24.4. The number of halogens is 1. The van der Waals surface area contributed by atoms with E-state index in [1.165, 1.54) is 0 Å². The molecule has 0 aromatic heterocycles. The van der Waals surface area contributed by atoms with E-state index in [0.717, 1.165) is 0 Å². The lowest BCUT2D eigenvalue weighted by atomic mass is 9.82. The van der Waals surface area contributed by atoms with Crippen molar-refractivity contribution in [1.82, 2.24) is 0 Å². The molecule has 1 rings (SSSR count). The number of alkyl halides is 1. The van der Waals surface area contributed by atoms with E-state index in [0.29, 0.717) is 25.7 Å². The first-order valence-electron chi connectivity index (χ1n) is 6.29. The van der Waals surface area contributed by atoms with E-state index in [1.54, 1.807) is 0 Å². The molecule has 18 heavy (non-hydrogen) atoms. The Kier molecular flexibility index (Phi) is 5.45. The minimum Gasteiger partial charge on any atom is -0.460 e. The van der Waals surface area contributed by atoms with Gasteiger partial charge in [-0.15, -0.1) is 0 Å². The predicted octanol–water partition coefficient (Wildman–Crippen LogP) is 2.87. The number of carbonyl (C=O) groups excluding carboxylic acids is 2. The Bertz CT molecular complexity index is 301. The van der Waals surface area contributed by atoms with Gasteiger partial charge in [-0.05, 0) is 46.5 Å². The Balaban J connectivity index is 2.39. The first-order valence-corrected chi connectivity index (χ1v) is 6.82. The van der Waals surface area contributed by atoms with E-state index in [9.17, 15) is 9.59 Å². The van der Waals surface area contributed by atoms with Crippen molar-refractivity contribution in [3.63, 3.8) is 0 Å². The molecule has 0 bridgehead atoms. The van der Waals surface area contributed by atoms with Gasteiger partial charge >= 0.3 is 11.9 Å². The van der Waals surface area contributed by atoms with Gasteiger partial charge in [0.2, 0.25) is 0 Å². The van der Waals surface area contributed by atoms with Crippen molar-refractivity contribution in [3.8, 4) is 0 Å². The van der Waals surface area contributed by atoms with E-state index in [-0.39, 0.29) is 29.8 Å². The Morgan fingerprint density at radius 3 is 1.89 bits per heavy atom. The average molecular weight is 277 g/mol. The van der Waals surface area contributed by atoms with Gasteiger partial charge in [0.15, 0.2) is 6.07 Å². The molecule has 0 heterocycles. The summed E-state index contributed by atoms with van der Waals surface area (Å²) in [7, 11) is 0. The lowest BCUT2D eigenvalue weighted by Crippen LogP contribution is -2.32. The number of hydrogen-bond donors (Lipinski definition) is 0. The molecular weight excluding hydrogens is 256 g/mol. The van der Waals surface area contributed by atoms with Crippen molar-refractivity contribution in [2.45, 2.75) is 52.1 Å². The van der Waals surface area contributed by atoms with Gasteiger partial charge in [-0.25, -0.2) is 0 Å². The van der Waals surface area contributed by atoms with Crippen molar-refractivity contribution in [3.05, 3.63) is 0 Å². The SMILES string of the molecule is CC(C)(C)OC(=O)[C@H]1CC[C@H](C(=O)OCCl)CC1. The highest BCUT2D eigenvalue weighted by Crippen LogP contribution is 2.31. The average Bonchev–Trinajstić information content (AvgIpc) is 2.27. The standard InChI is InChI=1S/C13H21ClO4/c1-13(2,3)18-12(16)10-6-4-9(5-7-10)11(15)17-8-14/h9-10H,4-8H2,1-3H3/t9-,10-. The Hall–Kier alpha value is -0.770. The summed E-state index contributed by atoms with van der Waals surface area (Å²) in [6.07, 6.45) is 2.69. The molecule has 1 saturated carbocycles. The molecule has 0 N–H and O–H groups in total. The maximum atomic E-state index is 11.9. The number of ether oxygens (including phenoxy) is 2. The van der Waals surface area contributed by atoms with Crippen LogP contribution in [0.4, 0.5) is 0 Å². The van der Waals surface area contributed by atoms with Gasteiger partial charge in [-0.3, -0.25) is 9.59 Å². The number of rotatable bonds is 3. The van der Waals surface area contributed by atoms with Crippen LogP contribution >= 0.6 is 11.6 Å². The Morgan fingerprint density at radius 2 is 1.50 bits per heavy atom. The summed E-state index contributed by atoms with van der Waals surface area (Å²) in [6.45, 7) is 5.57. The molecule has 0 aromatic carbocycles. The zero-order chi connectivity index (χ0) is 13.8. The highest BCUT2D eigenvalue weighted by Gasteiger charge is 2.33. The van der Waals surface area contributed by atoms with Crippen LogP contribution in [0.1, 0.15) is 46.5 Å². The van der Waals surface area contributed by atoms with Gasteiger partial charge < -0.3 is 9.47 Å². The molecule has 1 aliphatic rings. The van der Waals surface area contributed by atoms with Crippen molar-refractivity contribution >= 4 is 23.5 Å². The zero-order valence-corrected chi connectivity index (χ0v) is 12.0. The molecule has 0 aromatic rings. The van der Waals surface area contributed by atoms with Crippen LogP contribution in [0.3, 0.4) is 0 Å². The van der Waals surface area contributed by atoms with Gasteiger partial charge in [0.1, 0.15) is 5.60 Å². The summed E-state index contributed by atoms with van der Waals surface area (Å²) >= 11 is 5.35. The molecule has 0 unspecified atom stereocenters. The molecule has 0 spiro atoms. The third kappa shape index (κ3) is 4.84. The predicted molar refractivity (Wildman–Crippen MR) is 68.1 cm³/mol. The zero-order valence-electron chi connectivity index (χ0n) is 11.2. The number of esters is 2. The quantitative estimate of drug-likeness (QED) is 0.587. The fourth-order valence-electron chi connectivity index (χ4n) is 2.12. The van der Waals surface area contributed by atoms with E-state index in [2.05, 4.69) is 0 Å². The summed E-state index contributed by atoms with van der Waals surface area (Å²) < 4.78 is 10.1. The second kappa shape index (κ2) is 6.41. The fraction of sp³-hybridized carbons (Fsp3) is 0.846. The van der Waals surface area contributed by atoms with Crippen LogP contribution in [0.25, 0.3) is 0 Å². The maximum absolute atomic E-state index is 11.9. The summed E-state index contributed by atoms with van der Waals surface area (Å²) in [5.74, 6) is -0.633. The second-order valence-corrected chi connectivity index (χ2v) is 5.87. The van der Waals surface area contributed by atoms with E-state index >= 15 is 0 Å². The largest absolute Gasteiger partial charge is 0.460 e. The minimum absolute atomic E-state index is 0.0933. The molecule has 0 aliphatic heterocycles. The van der Waals surface area contributed by atoms with Gasteiger partial charge in [0.05, 0.1) is 11.8 Å². The van der Waals surface area contributed by atoms with Crippen LogP contribution in [-0.4, -0.2) is 23.6 Å². The van der Waals surface area contributed by atoms with Crippen molar-refractivity contribution < 1.29 is 19.1 Å². The topological polar surface area (TPSA) is 52.6 Å². The number of hydrogen-bond acceptors (Lipinski definition) is 4. The first kappa shape index (κ1) is 15.3. The van der Waals surface area contributed by atoms with Crippen LogP contribution in [-0.2, 0) is 19.1 Å². The molecule has 104 valence electrons. The third-order valence-electron chi connectivity index (χ3n) is 3.00. The molecule has 0 amide bonds. The highest BCUT2D eigenvalue weighted by molar-refractivity contribution is 6.17. The lowest BCUT2D eigenvalue weighted by molar-refractivity contribution is -0.163. The monoisotopic (exact) mass is 276 g/mol. The second-order valence-electron chi connectivity index (χ2n) is 5.65. The third-order valence-corrected chi connectivity index (χ3v) is 3.11. The van der Waals surface area contributed by atoms with Crippen molar-refractivity contribution in [2.75, 3.05) is 6.07 Å². The number of carbonyl (C=O) groups is 2. The molecule has 1 fully saturated rings. The molecule has 0 saturated heterocycles. The van der Waals surface area contributed by atoms with Crippen LogP contribution in [0, 0.1) is 11.8 Å². The van der Waals surface area contributed by atoms with Crippen LogP contribution in [0.5, 0.6) is 0 Å². The first-order chi connectivity index (χ1) is 8.33. The minimum atomic E-state index is -0.453. The summed E-state index contributed by atoms with van der Waals surface area (Å²) in [5.41, 5.74) is -0.453. The maximum Gasteiger partial charge on any atom is 0.310 e. The highest BCUT2D eigenvalue weighted by atomic mass is 35.5. The molecule has 0 radical (unpaired) electrons. The van der Waals surface area contributed by atoms with Gasteiger partial charge in [0, 0.05) is 0 Å². The Labute approximate surface area is 113 Å². The van der Waals surface area contributed by atoms with E-state index in [1.807, 2.05) is 20.8 Å². The smallest absolute Gasteiger partial charge is 0.310 e. The fourth-order valence-corrected chi connectivity index (χ4v) is 2.23. The van der Waals surface area contributed by atoms with E-state index < -0.39 is 5.60 Å². The molecule has 0 atom stereocenters. The van der Waals surface area contributed by atoms with Crippen LogP contribution in [0.2, 0.25) is 0 Å². The molecule has 5 heteroatoms. The molecule has 1 aliphatic carbocycles. The summed E-state index contributed by atoms with van der Waals surface area (Å²) in [4.78, 5) is 23.3. The summed E-state index contributed by atoms with van der Waals surface area (Å²) in [6, 6.07) is -0.106. The van der Waals surface area contributed by atoms with Crippen LogP contribution in [0.15, 0.2) is 0 Å². The van der Waals surface area contributed by atoms with Gasteiger partial charge in [-0.1, -0.05) is 11.6 Å². The molecule has 4 nitrogen and oxygen atoms in total.